The zero-order valence-electron chi connectivity index (χ0n) is 15.8. The second kappa shape index (κ2) is 9.61. The van der Waals surface area contributed by atoms with Crippen LogP contribution in [0.5, 0.6) is 5.75 Å². The van der Waals surface area contributed by atoms with Crippen LogP contribution in [0.3, 0.4) is 0 Å². The van der Waals surface area contributed by atoms with Crippen LogP contribution >= 0.6 is 0 Å². The average Bonchev–Trinajstić information content (AvgIpc) is 2.73. The van der Waals surface area contributed by atoms with E-state index in [1.807, 2.05) is 60.7 Å². The minimum absolute atomic E-state index is 0.808. The minimum atomic E-state index is 0.808. The first-order valence-electron chi connectivity index (χ1n) is 9.16. The molecule has 1 heterocycles. The van der Waals surface area contributed by atoms with Crippen LogP contribution < -0.4 is 4.74 Å². The fraction of sp³-hybridized carbons (Fsp3) is 0.261. The Morgan fingerprint density at radius 1 is 1.07 bits per heavy atom. The maximum absolute atomic E-state index is 5.23. The summed E-state index contributed by atoms with van der Waals surface area (Å²) in [5, 5.41) is 0. The van der Waals surface area contributed by atoms with Crippen molar-refractivity contribution >= 4 is 11.5 Å². The van der Waals surface area contributed by atoms with E-state index in [0.717, 1.165) is 55.6 Å². The highest BCUT2D eigenvalue weighted by molar-refractivity contribution is 6.00. The van der Waals surface area contributed by atoms with Crippen LogP contribution in [0.25, 0.3) is 0 Å². The molecule has 2 aromatic rings. The van der Waals surface area contributed by atoms with Crippen LogP contribution in [0, 0.1) is 11.8 Å². The predicted molar refractivity (Wildman–Crippen MR) is 112 cm³/mol. The van der Waals surface area contributed by atoms with Crippen molar-refractivity contribution in [1.82, 2.24) is 9.80 Å². The third-order valence-corrected chi connectivity index (χ3v) is 4.46. The summed E-state index contributed by atoms with van der Waals surface area (Å²) in [6, 6.07) is 17.8. The molecule has 0 radical (unpaired) electrons. The summed E-state index contributed by atoms with van der Waals surface area (Å²) in [6.07, 6.45) is 1.96. The Labute approximate surface area is 161 Å². The second-order valence-corrected chi connectivity index (χ2v) is 6.33. The van der Waals surface area contributed by atoms with Gasteiger partial charge in [-0.1, -0.05) is 30.2 Å². The van der Waals surface area contributed by atoms with Crippen LogP contribution in [-0.2, 0) is 0 Å². The normalized spacial score (nSPS) is 15.0. The van der Waals surface area contributed by atoms with E-state index in [0.29, 0.717) is 0 Å². The first-order chi connectivity index (χ1) is 13.3. The van der Waals surface area contributed by atoms with Crippen molar-refractivity contribution in [3.8, 4) is 17.6 Å². The van der Waals surface area contributed by atoms with Crippen LogP contribution in [0.1, 0.15) is 5.56 Å². The number of methoxy groups -OCH3 is 1. The Morgan fingerprint density at radius 3 is 2.41 bits per heavy atom. The van der Waals surface area contributed by atoms with Gasteiger partial charge in [-0.15, -0.1) is 6.58 Å². The molecule has 4 nitrogen and oxygen atoms in total. The molecule has 0 saturated carbocycles. The van der Waals surface area contributed by atoms with Crippen molar-refractivity contribution in [2.45, 2.75) is 0 Å². The molecule has 1 fully saturated rings. The molecule has 0 N–H and O–H groups in total. The lowest BCUT2D eigenvalue weighted by atomic mass is 10.2. The first-order valence-corrected chi connectivity index (χ1v) is 9.16. The number of hydrogen-bond acceptors (Lipinski definition) is 3. The van der Waals surface area contributed by atoms with Crippen molar-refractivity contribution < 1.29 is 4.74 Å². The molecular formula is C23H25N3O. The lowest BCUT2D eigenvalue weighted by Crippen LogP contribution is -2.48. The molecular weight excluding hydrogens is 334 g/mol. The lowest BCUT2D eigenvalue weighted by molar-refractivity contribution is 0.199. The van der Waals surface area contributed by atoms with Gasteiger partial charge in [-0.05, 0) is 42.3 Å². The zero-order valence-corrected chi connectivity index (χ0v) is 15.8. The third-order valence-electron chi connectivity index (χ3n) is 4.46. The maximum Gasteiger partial charge on any atom is 0.182 e. The van der Waals surface area contributed by atoms with Crippen molar-refractivity contribution in [2.24, 2.45) is 4.99 Å². The smallest absolute Gasteiger partial charge is 0.182 e. The number of amidine groups is 1. The number of nitrogens with zero attached hydrogens (tertiary/aromatic N) is 3. The number of benzene rings is 2. The van der Waals surface area contributed by atoms with Crippen molar-refractivity contribution in [3.05, 3.63) is 72.8 Å². The van der Waals surface area contributed by atoms with E-state index >= 15 is 0 Å². The molecule has 0 spiro atoms. The van der Waals surface area contributed by atoms with Gasteiger partial charge in [-0.25, -0.2) is 4.99 Å². The highest BCUT2D eigenvalue weighted by Gasteiger charge is 2.18. The second-order valence-electron chi connectivity index (χ2n) is 6.33. The van der Waals surface area contributed by atoms with Gasteiger partial charge in [0.2, 0.25) is 0 Å². The summed E-state index contributed by atoms with van der Waals surface area (Å²) in [5.41, 5.74) is 1.87. The van der Waals surface area contributed by atoms with E-state index in [2.05, 4.69) is 28.2 Å². The monoisotopic (exact) mass is 359 g/mol. The molecule has 0 unspecified atom stereocenters. The van der Waals surface area contributed by atoms with Gasteiger partial charge >= 0.3 is 0 Å². The molecule has 2 aromatic carbocycles. The summed E-state index contributed by atoms with van der Waals surface area (Å²) in [5.74, 6) is 8.16. The van der Waals surface area contributed by atoms with Gasteiger partial charge in [0.05, 0.1) is 12.8 Å². The predicted octanol–water partition coefficient (Wildman–Crippen LogP) is 3.58. The molecule has 0 bridgehead atoms. The van der Waals surface area contributed by atoms with Crippen LogP contribution in [-0.4, -0.2) is 55.5 Å². The van der Waals surface area contributed by atoms with E-state index in [1.54, 1.807) is 7.11 Å². The molecule has 0 aliphatic carbocycles. The minimum Gasteiger partial charge on any atom is -0.497 e. The Balaban J connectivity index is 1.83. The summed E-state index contributed by atoms with van der Waals surface area (Å²) < 4.78 is 5.23. The summed E-state index contributed by atoms with van der Waals surface area (Å²) in [7, 11) is 1.66. The Hall–Kier alpha value is -3.03. The number of rotatable bonds is 4. The average molecular weight is 359 g/mol. The molecule has 0 aromatic heterocycles. The molecule has 138 valence electrons. The standard InChI is InChI=1S/C23H25N3O/c1-3-15-25-16-18-26(19-17-25)23(14-9-20-7-5-4-6-8-20)24-21-10-12-22(27-2)13-11-21/h3-8,10-13H,1,15-19H2,2H3/b24-23+. The van der Waals surface area contributed by atoms with Crippen LogP contribution in [0.4, 0.5) is 5.69 Å². The quantitative estimate of drug-likeness (QED) is 0.361. The van der Waals surface area contributed by atoms with E-state index in [-0.39, 0.29) is 0 Å². The van der Waals surface area contributed by atoms with Crippen molar-refractivity contribution in [3.63, 3.8) is 0 Å². The number of hydrogen-bond donors (Lipinski definition) is 0. The summed E-state index contributed by atoms with van der Waals surface area (Å²) in [6.45, 7) is 8.55. The topological polar surface area (TPSA) is 28.1 Å². The summed E-state index contributed by atoms with van der Waals surface area (Å²) in [4.78, 5) is 9.47. The van der Waals surface area contributed by atoms with E-state index in [9.17, 15) is 0 Å². The van der Waals surface area contributed by atoms with Crippen LogP contribution in [0.15, 0.2) is 72.2 Å². The number of piperazine rings is 1. The van der Waals surface area contributed by atoms with E-state index < -0.39 is 0 Å². The molecule has 4 heteroatoms. The SMILES string of the molecule is C=CCN1CCN(/C(C#Cc2ccccc2)=N/c2ccc(OC)cc2)CC1. The third kappa shape index (κ3) is 5.47. The molecule has 0 amide bonds. The van der Waals surface area contributed by atoms with E-state index in [4.69, 9.17) is 9.73 Å². The maximum atomic E-state index is 5.23. The molecule has 1 saturated heterocycles. The Bertz CT molecular complexity index is 823. The molecule has 3 rings (SSSR count). The van der Waals surface area contributed by atoms with Gasteiger partial charge < -0.3 is 9.64 Å². The Morgan fingerprint density at radius 2 is 1.78 bits per heavy atom. The van der Waals surface area contributed by atoms with Gasteiger partial charge in [-0.3, -0.25) is 4.90 Å². The van der Waals surface area contributed by atoms with Crippen molar-refractivity contribution in [2.75, 3.05) is 39.8 Å². The highest BCUT2D eigenvalue weighted by atomic mass is 16.5. The molecule has 1 aliphatic heterocycles. The number of aliphatic imine (C=N–C) groups is 1. The van der Waals surface area contributed by atoms with Gasteiger partial charge in [0, 0.05) is 38.3 Å². The molecule has 1 aliphatic rings. The fourth-order valence-electron chi connectivity index (χ4n) is 2.93. The first kappa shape index (κ1) is 18.8. The van der Waals surface area contributed by atoms with Crippen LogP contribution in [0.2, 0.25) is 0 Å². The lowest BCUT2D eigenvalue weighted by Gasteiger charge is -2.34. The number of ether oxygens (including phenoxy) is 1. The van der Waals surface area contributed by atoms with Crippen molar-refractivity contribution in [1.29, 1.82) is 0 Å². The highest BCUT2D eigenvalue weighted by Crippen LogP contribution is 2.18. The van der Waals surface area contributed by atoms with Gasteiger partial charge in [0.15, 0.2) is 5.84 Å². The largest absolute Gasteiger partial charge is 0.497 e. The van der Waals surface area contributed by atoms with Gasteiger partial charge in [-0.2, -0.15) is 0 Å². The fourth-order valence-corrected chi connectivity index (χ4v) is 2.93. The summed E-state index contributed by atoms with van der Waals surface area (Å²) >= 11 is 0. The van der Waals surface area contributed by atoms with Gasteiger partial charge in [0.1, 0.15) is 5.75 Å². The van der Waals surface area contributed by atoms with E-state index in [1.165, 1.54) is 0 Å². The molecule has 0 atom stereocenters. The Kier molecular flexibility index (Phi) is 6.67. The van der Waals surface area contributed by atoms with Gasteiger partial charge in [0.25, 0.3) is 0 Å². The molecule has 27 heavy (non-hydrogen) atoms. The zero-order chi connectivity index (χ0) is 18.9.